The second-order valence-electron chi connectivity index (χ2n) is 6.51. The number of halogens is 3. The lowest BCUT2D eigenvalue weighted by Gasteiger charge is -2.28. The molecule has 0 saturated carbocycles. The molecule has 8 nitrogen and oxygen atoms in total. The Hall–Kier alpha value is -3.47. The molecule has 1 atom stereocenters. The van der Waals surface area contributed by atoms with Crippen molar-refractivity contribution in [3.63, 3.8) is 0 Å². The summed E-state index contributed by atoms with van der Waals surface area (Å²) in [6.45, 7) is 2.90. The first-order valence-corrected chi connectivity index (χ1v) is 8.23. The number of fused-ring (bicyclic) bond motifs is 1. The van der Waals surface area contributed by atoms with Crippen LogP contribution in [0, 0.1) is 6.92 Å². The molecule has 2 aromatic heterocycles. The Morgan fingerprint density at radius 1 is 1.24 bits per heavy atom. The first-order valence-electron chi connectivity index (χ1n) is 8.23. The van der Waals surface area contributed by atoms with Crippen LogP contribution in [0.4, 0.5) is 19.0 Å². The largest absolute Gasteiger partial charge is 0.430 e. The van der Waals surface area contributed by atoms with Crippen molar-refractivity contribution in [1.82, 2.24) is 14.4 Å². The van der Waals surface area contributed by atoms with E-state index in [1.807, 2.05) is 0 Å². The second-order valence-corrected chi connectivity index (χ2v) is 6.51. The SMILES string of the molecule is CC(=O)c1cn2c(-c3cc(C(O)(C(N)=O)C(F)(F)F)ccc3C)cnc2c(N)n1. The Bertz CT molecular complexity index is 1160. The van der Waals surface area contributed by atoms with E-state index in [0.29, 0.717) is 5.56 Å². The van der Waals surface area contributed by atoms with Crippen LogP contribution in [0.15, 0.2) is 30.6 Å². The number of primary amides is 1. The van der Waals surface area contributed by atoms with Gasteiger partial charge < -0.3 is 16.6 Å². The molecule has 0 radical (unpaired) electrons. The molecule has 5 N–H and O–H groups in total. The number of aromatic nitrogens is 3. The number of alkyl halides is 3. The fourth-order valence-electron chi connectivity index (χ4n) is 2.95. The van der Waals surface area contributed by atoms with Gasteiger partial charge in [-0.3, -0.25) is 14.0 Å². The van der Waals surface area contributed by atoms with Crippen molar-refractivity contribution in [2.24, 2.45) is 5.73 Å². The third kappa shape index (κ3) is 3.09. The van der Waals surface area contributed by atoms with Crippen LogP contribution in [-0.2, 0) is 10.4 Å². The fourth-order valence-corrected chi connectivity index (χ4v) is 2.95. The van der Waals surface area contributed by atoms with E-state index < -0.39 is 23.2 Å². The number of aliphatic hydroxyl groups is 1. The zero-order valence-corrected chi connectivity index (χ0v) is 15.3. The maximum atomic E-state index is 13.4. The first kappa shape index (κ1) is 20.3. The molecule has 1 amide bonds. The number of carbonyl (C=O) groups excluding carboxylic acids is 2. The van der Waals surface area contributed by atoms with E-state index in [1.165, 1.54) is 29.8 Å². The molecule has 1 aromatic carbocycles. The van der Waals surface area contributed by atoms with Crippen molar-refractivity contribution in [3.05, 3.63) is 47.4 Å². The molecule has 2 heterocycles. The van der Waals surface area contributed by atoms with Gasteiger partial charge in [-0.1, -0.05) is 12.1 Å². The Labute approximate surface area is 162 Å². The third-order valence-electron chi connectivity index (χ3n) is 4.58. The number of amides is 1. The maximum absolute atomic E-state index is 13.4. The zero-order chi connectivity index (χ0) is 21.7. The molecule has 0 spiro atoms. The summed E-state index contributed by atoms with van der Waals surface area (Å²) in [5, 5.41) is 10.1. The van der Waals surface area contributed by atoms with E-state index in [-0.39, 0.29) is 34.2 Å². The van der Waals surface area contributed by atoms with Gasteiger partial charge in [-0.05, 0) is 18.6 Å². The van der Waals surface area contributed by atoms with Crippen LogP contribution in [0.2, 0.25) is 0 Å². The van der Waals surface area contributed by atoms with Gasteiger partial charge in [0.05, 0.1) is 11.9 Å². The number of hydrogen-bond donors (Lipinski definition) is 3. The van der Waals surface area contributed by atoms with Crippen LogP contribution in [-0.4, -0.2) is 37.3 Å². The maximum Gasteiger partial charge on any atom is 0.430 e. The van der Waals surface area contributed by atoms with E-state index in [0.717, 1.165) is 12.1 Å². The van der Waals surface area contributed by atoms with E-state index >= 15 is 0 Å². The minimum atomic E-state index is -5.33. The van der Waals surface area contributed by atoms with Crippen LogP contribution in [0.3, 0.4) is 0 Å². The van der Waals surface area contributed by atoms with Gasteiger partial charge in [-0.15, -0.1) is 0 Å². The molecule has 3 rings (SSSR count). The average molecular weight is 407 g/mol. The number of aryl methyl sites for hydroxylation is 1. The summed E-state index contributed by atoms with van der Waals surface area (Å²) in [5.41, 5.74) is 7.32. The summed E-state index contributed by atoms with van der Waals surface area (Å²) in [5.74, 6) is -2.36. The van der Waals surface area contributed by atoms with Gasteiger partial charge in [0.25, 0.3) is 11.5 Å². The number of rotatable bonds is 4. The van der Waals surface area contributed by atoms with Gasteiger partial charge in [0, 0.05) is 24.2 Å². The first-order chi connectivity index (χ1) is 13.4. The molecule has 0 fully saturated rings. The number of nitrogens with two attached hydrogens (primary N) is 2. The highest BCUT2D eigenvalue weighted by atomic mass is 19.4. The molecule has 0 saturated heterocycles. The summed E-state index contributed by atoms with van der Waals surface area (Å²) < 4.78 is 41.7. The number of imidazole rings is 1. The lowest BCUT2D eigenvalue weighted by molar-refractivity contribution is -0.255. The predicted octanol–water partition coefficient (Wildman–Crippen LogP) is 1.72. The van der Waals surface area contributed by atoms with Crippen LogP contribution < -0.4 is 11.5 Å². The zero-order valence-electron chi connectivity index (χ0n) is 15.3. The number of nitrogens with zero attached hydrogens (tertiary/aromatic N) is 3. The van der Waals surface area contributed by atoms with Gasteiger partial charge >= 0.3 is 6.18 Å². The van der Waals surface area contributed by atoms with Gasteiger partial charge in [-0.2, -0.15) is 13.2 Å². The number of Topliss-reactive ketones (excluding diaryl/α,β-unsaturated/α-hetero) is 1. The smallest absolute Gasteiger partial charge is 0.381 e. The Balaban J connectivity index is 2.30. The molecule has 152 valence electrons. The Morgan fingerprint density at radius 3 is 2.45 bits per heavy atom. The van der Waals surface area contributed by atoms with Crippen LogP contribution in [0.5, 0.6) is 0 Å². The fraction of sp³-hybridized carbons (Fsp3) is 0.222. The van der Waals surface area contributed by atoms with Gasteiger partial charge in [0.1, 0.15) is 5.69 Å². The molecule has 0 aliphatic rings. The monoisotopic (exact) mass is 407 g/mol. The summed E-state index contributed by atoms with van der Waals surface area (Å²) in [6.07, 6.45) is -2.65. The minimum Gasteiger partial charge on any atom is -0.381 e. The van der Waals surface area contributed by atoms with Gasteiger partial charge in [-0.25, -0.2) is 9.97 Å². The molecule has 1 unspecified atom stereocenters. The number of nitrogen functional groups attached to an aromatic ring is 1. The summed E-state index contributed by atoms with van der Waals surface area (Å²) in [6, 6.07) is 3.28. The average Bonchev–Trinajstić information content (AvgIpc) is 3.04. The number of anilines is 1. The molecule has 29 heavy (non-hydrogen) atoms. The predicted molar refractivity (Wildman–Crippen MR) is 96.7 cm³/mol. The van der Waals surface area contributed by atoms with Crippen molar-refractivity contribution >= 4 is 23.2 Å². The van der Waals surface area contributed by atoms with Crippen molar-refractivity contribution in [1.29, 1.82) is 0 Å². The Morgan fingerprint density at radius 2 is 1.90 bits per heavy atom. The number of carbonyl (C=O) groups is 2. The molecule has 0 aliphatic heterocycles. The normalized spacial score (nSPS) is 14.0. The quantitative estimate of drug-likeness (QED) is 0.564. The van der Waals surface area contributed by atoms with E-state index in [4.69, 9.17) is 11.5 Å². The van der Waals surface area contributed by atoms with Crippen molar-refractivity contribution in [2.45, 2.75) is 25.6 Å². The van der Waals surface area contributed by atoms with E-state index in [1.54, 1.807) is 6.92 Å². The van der Waals surface area contributed by atoms with E-state index in [2.05, 4.69) is 9.97 Å². The minimum absolute atomic E-state index is 0.0343. The van der Waals surface area contributed by atoms with Crippen LogP contribution in [0.25, 0.3) is 16.9 Å². The summed E-state index contributed by atoms with van der Waals surface area (Å²) in [7, 11) is 0. The number of benzene rings is 1. The van der Waals surface area contributed by atoms with Crippen molar-refractivity contribution in [3.8, 4) is 11.3 Å². The second kappa shape index (κ2) is 6.55. The van der Waals surface area contributed by atoms with Gasteiger partial charge in [0.2, 0.25) is 0 Å². The molecule has 0 bridgehead atoms. The lowest BCUT2D eigenvalue weighted by Crippen LogP contribution is -2.52. The lowest BCUT2D eigenvalue weighted by atomic mass is 9.89. The van der Waals surface area contributed by atoms with E-state index in [9.17, 15) is 27.9 Å². The molecular weight excluding hydrogens is 391 g/mol. The Kier molecular flexibility index (Phi) is 4.58. The van der Waals surface area contributed by atoms with Crippen LogP contribution >= 0.6 is 0 Å². The highest BCUT2D eigenvalue weighted by Gasteiger charge is 2.60. The number of ketones is 1. The van der Waals surface area contributed by atoms with Crippen molar-refractivity contribution < 1.29 is 27.9 Å². The molecular formula is C18H16F3N5O3. The number of hydrogen-bond acceptors (Lipinski definition) is 6. The highest BCUT2D eigenvalue weighted by molar-refractivity contribution is 5.93. The molecule has 0 aliphatic carbocycles. The molecule has 3 aromatic rings. The highest BCUT2D eigenvalue weighted by Crippen LogP contribution is 2.40. The van der Waals surface area contributed by atoms with Gasteiger partial charge in [0.15, 0.2) is 17.2 Å². The summed E-state index contributed by atoms with van der Waals surface area (Å²) in [4.78, 5) is 31.2. The van der Waals surface area contributed by atoms with Crippen molar-refractivity contribution in [2.75, 3.05) is 5.73 Å². The van der Waals surface area contributed by atoms with Crippen LogP contribution in [0.1, 0.15) is 28.5 Å². The topological polar surface area (TPSA) is 137 Å². The third-order valence-corrected chi connectivity index (χ3v) is 4.58. The molecule has 11 heteroatoms. The standard InChI is InChI=1S/C18H16F3N5O3/c1-8-3-4-10(17(29,16(23)28)18(19,20)21)5-11(8)13-6-24-15-14(22)25-12(9(2)27)7-26(13)15/h3-7,29H,1-2H3,(H2,22,25)(H2,23,28). The summed E-state index contributed by atoms with van der Waals surface area (Å²) >= 11 is 0.